The largest absolute Gasteiger partial charge is 0.452 e. The normalized spacial score (nSPS) is 14.2. The first-order valence-corrected chi connectivity index (χ1v) is 8.39. The monoisotopic (exact) mass is 332 g/mol. The fraction of sp³-hybridized carbons (Fsp3) is 0.500. The first-order chi connectivity index (χ1) is 11.5. The molecule has 1 aromatic rings. The molecular weight excluding hydrogens is 308 g/mol. The van der Waals surface area contributed by atoms with Crippen LogP contribution in [0.1, 0.15) is 54.6 Å². The maximum Gasteiger partial charge on any atom is 0.338 e. The van der Waals surface area contributed by atoms with Gasteiger partial charge in [0, 0.05) is 6.04 Å². The van der Waals surface area contributed by atoms with Crippen molar-refractivity contribution in [2.45, 2.75) is 52.0 Å². The second kappa shape index (κ2) is 8.47. The SMILES string of the molecule is CC[C@H](C)NC(=O)NC(=O)COC(=O)c1ccc2c(c1)CCCC2. The van der Waals surface area contributed by atoms with Crippen molar-refractivity contribution in [2.75, 3.05) is 6.61 Å². The molecule has 3 amide bonds. The first-order valence-electron chi connectivity index (χ1n) is 8.39. The highest BCUT2D eigenvalue weighted by atomic mass is 16.5. The lowest BCUT2D eigenvalue weighted by Gasteiger charge is -2.16. The number of aryl methyl sites for hydroxylation is 2. The van der Waals surface area contributed by atoms with Gasteiger partial charge in [-0.3, -0.25) is 10.1 Å². The molecule has 0 unspecified atom stereocenters. The number of hydrogen-bond donors (Lipinski definition) is 2. The molecule has 0 aliphatic heterocycles. The third-order valence-electron chi connectivity index (χ3n) is 4.16. The van der Waals surface area contributed by atoms with E-state index in [1.165, 1.54) is 17.5 Å². The summed E-state index contributed by atoms with van der Waals surface area (Å²) in [6, 6.07) is 4.89. The minimum absolute atomic E-state index is 0.0316. The third-order valence-corrected chi connectivity index (χ3v) is 4.16. The van der Waals surface area contributed by atoms with E-state index in [-0.39, 0.29) is 6.04 Å². The smallest absolute Gasteiger partial charge is 0.338 e. The van der Waals surface area contributed by atoms with E-state index in [4.69, 9.17) is 4.74 Å². The molecule has 1 aromatic carbocycles. The summed E-state index contributed by atoms with van der Waals surface area (Å²) < 4.78 is 4.98. The predicted molar refractivity (Wildman–Crippen MR) is 89.8 cm³/mol. The summed E-state index contributed by atoms with van der Waals surface area (Å²) in [6.07, 6.45) is 5.06. The highest BCUT2D eigenvalue weighted by Crippen LogP contribution is 2.22. The Morgan fingerprint density at radius 1 is 1.17 bits per heavy atom. The van der Waals surface area contributed by atoms with Crippen LogP contribution in [-0.4, -0.2) is 30.6 Å². The maximum absolute atomic E-state index is 12.0. The molecule has 0 spiro atoms. The van der Waals surface area contributed by atoms with Gasteiger partial charge in [0.05, 0.1) is 5.56 Å². The molecule has 24 heavy (non-hydrogen) atoms. The highest BCUT2D eigenvalue weighted by molar-refractivity contribution is 5.97. The topological polar surface area (TPSA) is 84.5 Å². The lowest BCUT2D eigenvalue weighted by Crippen LogP contribution is -2.44. The summed E-state index contributed by atoms with van der Waals surface area (Å²) in [6.45, 7) is 3.27. The van der Waals surface area contributed by atoms with E-state index in [0.29, 0.717) is 5.56 Å². The van der Waals surface area contributed by atoms with Crippen molar-refractivity contribution in [1.82, 2.24) is 10.6 Å². The van der Waals surface area contributed by atoms with Crippen molar-refractivity contribution in [3.05, 3.63) is 34.9 Å². The molecule has 130 valence electrons. The number of benzene rings is 1. The van der Waals surface area contributed by atoms with Crippen molar-refractivity contribution in [3.8, 4) is 0 Å². The Hall–Kier alpha value is -2.37. The van der Waals surface area contributed by atoms with E-state index in [1.807, 2.05) is 26.0 Å². The molecule has 2 rings (SSSR count). The van der Waals surface area contributed by atoms with Crippen molar-refractivity contribution in [2.24, 2.45) is 0 Å². The van der Waals surface area contributed by atoms with Crippen molar-refractivity contribution in [3.63, 3.8) is 0 Å². The van der Waals surface area contributed by atoms with Crippen LogP contribution >= 0.6 is 0 Å². The number of carbonyl (C=O) groups is 3. The van der Waals surface area contributed by atoms with Crippen molar-refractivity contribution >= 4 is 17.9 Å². The van der Waals surface area contributed by atoms with Gasteiger partial charge in [0.25, 0.3) is 5.91 Å². The Labute approximate surface area is 142 Å². The number of hydrogen-bond acceptors (Lipinski definition) is 4. The number of rotatable bonds is 5. The van der Waals surface area contributed by atoms with Crippen LogP contribution in [0.4, 0.5) is 4.79 Å². The van der Waals surface area contributed by atoms with Gasteiger partial charge in [-0.15, -0.1) is 0 Å². The van der Waals surface area contributed by atoms with Gasteiger partial charge >= 0.3 is 12.0 Å². The van der Waals surface area contributed by atoms with Crippen LogP contribution in [0.25, 0.3) is 0 Å². The molecule has 0 fully saturated rings. The van der Waals surface area contributed by atoms with E-state index in [2.05, 4.69) is 10.6 Å². The Bertz CT molecular complexity index is 627. The average Bonchev–Trinajstić information content (AvgIpc) is 2.58. The summed E-state index contributed by atoms with van der Waals surface area (Å²) >= 11 is 0. The van der Waals surface area contributed by atoms with Crippen LogP contribution in [0.3, 0.4) is 0 Å². The molecule has 6 nitrogen and oxygen atoms in total. The number of esters is 1. The van der Waals surface area contributed by atoms with Gasteiger partial charge in [0.2, 0.25) is 0 Å². The lowest BCUT2D eigenvalue weighted by atomic mass is 9.90. The van der Waals surface area contributed by atoms with E-state index in [9.17, 15) is 14.4 Å². The zero-order valence-corrected chi connectivity index (χ0v) is 14.2. The van der Waals surface area contributed by atoms with Gasteiger partial charge in [-0.05, 0) is 62.3 Å². The van der Waals surface area contributed by atoms with E-state index in [1.54, 1.807) is 6.07 Å². The summed E-state index contributed by atoms with van der Waals surface area (Å²) in [5.41, 5.74) is 2.89. The maximum atomic E-state index is 12.0. The lowest BCUT2D eigenvalue weighted by molar-refractivity contribution is -0.123. The number of amides is 3. The Morgan fingerprint density at radius 3 is 2.58 bits per heavy atom. The molecule has 1 aliphatic carbocycles. The Kier molecular flexibility index (Phi) is 6.35. The molecule has 0 bridgehead atoms. The van der Waals surface area contributed by atoms with Gasteiger partial charge in [-0.1, -0.05) is 13.0 Å². The van der Waals surface area contributed by atoms with Gasteiger partial charge in [-0.25, -0.2) is 9.59 Å². The molecule has 0 radical (unpaired) electrons. The Morgan fingerprint density at radius 2 is 1.88 bits per heavy atom. The van der Waals surface area contributed by atoms with E-state index < -0.39 is 24.5 Å². The molecule has 2 N–H and O–H groups in total. The first kappa shape index (κ1) is 18.0. The molecule has 6 heteroatoms. The molecule has 0 saturated heterocycles. The number of imide groups is 1. The zero-order chi connectivity index (χ0) is 17.5. The Balaban J connectivity index is 1.82. The van der Waals surface area contributed by atoms with Crippen molar-refractivity contribution in [1.29, 1.82) is 0 Å². The van der Waals surface area contributed by atoms with Gasteiger partial charge in [0.15, 0.2) is 6.61 Å². The number of nitrogens with one attached hydrogen (secondary N) is 2. The van der Waals surface area contributed by atoms with Crippen LogP contribution in [0.2, 0.25) is 0 Å². The fourth-order valence-electron chi connectivity index (χ4n) is 2.60. The number of carbonyl (C=O) groups excluding carboxylic acids is 3. The predicted octanol–water partition coefficient (Wildman–Crippen LogP) is 2.35. The molecule has 0 heterocycles. The number of ether oxygens (including phenoxy) is 1. The van der Waals surface area contributed by atoms with E-state index >= 15 is 0 Å². The highest BCUT2D eigenvalue weighted by Gasteiger charge is 2.16. The van der Waals surface area contributed by atoms with Crippen LogP contribution < -0.4 is 10.6 Å². The summed E-state index contributed by atoms with van der Waals surface area (Å²) in [7, 11) is 0. The number of fused-ring (bicyclic) bond motifs is 1. The van der Waals surface area contributed by atoms with Crippen LogP contribution in [0.15, 0.2) is 18.2 Å². The quantitative estimate of drug-likeness (QED) is 0.811. The second-order valence-electron chi connectivity index (χ2n) is 6.10. The molecule has 0 saturated carbocycles. The van der Waals surface area contributed by atoms with E-state index in [0.717, 1.165) is 25.7 Å². The van der Waals surface area contributed by atoms with Gasteiger partial charge < -0.3 is 10.1 Å². The molecule has 0 aromatic heterocycles. The molecule has 1 atom stereocenters. The second-order valence-corrected chi connectivity index (χ2v) is 6.10. The average molecular weight is 332 g/mol. The molecule has 1 aliphatic rings. The zero-order valence-electron chi connectivity index (χ0n) is 14.2. The summed E-state index contributed by atoms with van der Waals surface area (Å²) in [5, 5.41) is 4.74. The minimum Gasteiger partial charge on any atom is -0.452 e. The fourth-order valence-corrected chi connectivity index (χ4v) is 2.60. The molecular formula is C18H24N2O4. The van der Waals surface area contributed by atoms with Crippen LogP contribution in [0, 0.1) is 0 Å². The standard InChI is InChI=1S/C18H24N2O4/c1-3-12(2)19-18(23)20-16(21)11-24-17(22)15-9-8-13-6-4-5-7-14(13)10-15/h8-10,12H,3-7,11H2,1-2H3,(H2,19,20,21,23)/t12-/m0/s1. The van der Waals surface area contributed by atoms with Gasteiger partial charge in [-0.2, -0.15) is 0 Å². The number of urea groups is 1. The summed E-state index contributed by atoms with van der Waals surface area (Å²) in [4.78, 5) is 35.2. The third kappa shape index (κ3) is 5.08. The minimum atomic E-state index is -0.651. The van der Waals surface area contributed by atoms with Gasteiger partial charge in [0.1, 0.15) is 0 Å². The van der Waals surface area contributed by atoms with Crippen LogP contribution in [-0.2, 0) is 22.4 Å². The van der Waals surface area contributed by atoms with Crippen molar-refractivity contribution < 1.29 is 19.1 Å². The van der Waals surface area contributed by atoms with Crippen LogP contribution in [0.5, 0.6) is 0 Å². The summed E-state index contributed by atoms with van der Waals surface area (Å²) in [5.74, 6) is -1.21.